The van der Waals surface area contributed by atoms with Crippen LogP contribution in [0.1, 0.15) is 20.8 Å². The van der Waals surface area contributed by atoms with Crippen molar-refractivity contribution in [3.05, 3.63) is 22.7 Å². The van der Waals surface area contributed by atoms with Gasteiger partial charge in [-0.2, -0.15) is 0 Å². The number of hydrogen-bond donors (Lipinski definition) is 2. The minimum atomic E-state index is -0.142. The monoisotopic (exact) mass is 167 g/mol. The molecule has 0 saturated heterocycles. The predicted octanol–water partition coefficient (Wildman–Crippen LogP) is 0.980. The third-order valence-corrected chi connectivity index (χ3v) is 1.18. The topological polar surface area (TPSA) is 57.8 Å². The molecule has 0 aliphatic rings. The summed E-state index contributed by atoms with van der Waals surface area (Å²) in [5.74, 6) is 0.603. The lowest BCUT2D eigenvalue weighted by molar-refractivity contribution is 0.630. The molecule has 2 N–H and O–H groups in total. The number of rotatable bonds is 1. The van der Waals surface area contributed by atoms with E-state index in [-0.39, 0.29) is 11.1 Å². The second-order valence-corrected chi connectivity index (χ2v) is 3.67. The maximum Gasteiger partial charge on any atom is 0.252 e. The van der Waals surface area contributed by atoms with Crippen molar-refractivity contribution in [3.63, 3.8) is 0 Å². The van der Waals surface area contributed by atoms with Gasteiger partial charge in [0.15, 0.2) is 0 Å². The van der Waals surface area contributed by atoms with Crippen LogP contribution in [0.2, 0.25) is 0 Å². The summed E-state index contributed by atoms with van der Waals surface area (Å²) >= 11 is 0. The van der Waals surface area contributed by atoms with E-state index in [1.807, 2.05) is 20.8 Å². The zero-order valence-electron chi connectivity index (χ0n) is 7.51. The van der Waals surface area contributed by atoms with Crippen molar-refractivity contribution < 1.29 is 0 Å². The van der Waals surface area contributed by atoms with Crippen LogP contribution < -0.4 is 10.9 Å². The van der Waals surface area contributed by atoms with E-state index in [1.165, 1.54) is 12.4 Å². The maximum atomic E-state index is 10.8. The first-order chi connectivity index (χ1) is 5.47. The van der Waals surface area contributed by atoms with Gasteiger partial charge in [0.05, 0.1) is 6.33 Å². The van der Waals surface area contributed by atoms with E-state index in [9.17, 15) is 4.79 Å². The molecule has 4 heteroatoms. The Morgan fingerprint density at radius 2 is 2.17 bits per heavy atom. The van der Waals surface area contributed by atoms with Gasteiger partial charge in [-0.15, -0.1) is 0 Å². The number of anilines is 1. The average Bonchev–Trinajstić information content (AvgIpc) is 1.82. The molecule has 0 aromatic carbocycles. The molecule has 0 saturated carbocycles. The summed E-state index contributed by atoms with van der Waals surface area (Å²) in [4.78, 5) is 17.2. The number of nitrogens with one attached hydrogen (secondary N) is 2. The Morgan fingerprint density at radius 1 is 1.50 bits per heavy atom. The molecule has 1 aromatic heterocycles. The van der Waals surface area contributed by atoms with Crippen molar-refractivity contribution >= 4 is 5.82 Å². The standard InChI is InChI=1S/C8H13N3O/c1-8(2,3)11-6-4-7(12)10-5-9-6/h4-5H,1-3H3,(H2,9,10,11,12). The lowest BCUT2D eigenvalue weighted by Crippen LogP contribution is -2.27. The third kappa shape index (κ3) is 2.74. The quantitative estimate of drug-likeness (QED) is 0.655. The van der Waals surface area contributed by atoms with Gasteiger partial charge < -0.3 is 10.3 Å². The van der Waals surface area contributed by atoms with E-state index in [4.69, 9.17) is 0 Å². The first kappa shape index (κ1) is 8.77. The fraction of sp³-hybridized carbons (Fsp3) is 0.500. The summed E-state index contributed by atoms with van der Waals surface area (Å²) in [5.41, 5.74) is -0.211. The van der Waals surface area contributed by atoms with Crippen molar-refractivity contribution in [1.82, 2.24) is 9.97 Å². The SMILES string of the molecule is CC(C)(C)Nc1cc(=O)[nH]cn1. The average molecular weight is 167 g/mol. The summed E-state index contributed by atoms with van der Waals surface area (Å²) in [7, 11) is 0. The number of hydrogen-bond acceptors (Lipinski definition) is 3. The molecule has 0 atom stereocenters. The highest BCUT2D eigenvalue weighted by Gasteiger charge is 2.09. The van der Waals surface area contributed by atoms with Crippen LogP contribution in [-0.4, -0.2) is 15.5 Å². The Kier molecular flexibility index (Phi) is 2.17. The van der Waals surface area contributed by atoms with Crippen molar-refractivity contribution in [2.45, 2.75) is 26.3 Å². The van der Waals surface area contributed by atoms with Crippen LogP contribution in [0, 0.1) is 0 Å². The normalized spacial score (nSPS) is 11.2. The van der Waals surface area contributed by atoms with Crippen LogP contribution in [0.4, 0.5) is 5.82 Å². The van der Waals surface area contributed by atoms with E-state index in [0.29, 0.717) is 5.82 Å². The van der Waals surface area contributed by atoms with Crippen LogP contribution in [-0.2, 0) is 0 Å². The van der Waals surface area contributed by atoms with E-state index in [2.05, 4.69) is 15.3 Å². The summed E-state index contributed by atoms with van der Waals surface area (Å²) < 4.78 is 0. The molecule has 0 bridgehead atoms. The highest BCUT2D eigenvalue weighted by Crippen LogP contribution is 2.08. The molecule has 1 rings (SSSR count). The Labute approximate surface area is 71.0 Å². The van der Waals surface area contributed by atoms with Crippen LogP contribution >= 0.6 is 0 Å². The Bertz CT molecular complexity index is 311. The van der Waals surface area contributed by atoms with E-state index >= 15 is 0 Å². The largest absolute Gasteiger partial charge is 0.365 e. The summed E-state index contributed by atoms with van der Waals surface area (Å²) in [6.45, 7) is 6.03. The molecule has 1 aromatic rings. The summed E-state index contributed by atoms with van der Waals surface area (Å²) in [6, 6.07) is 1.44. The molecule has 12 heavy (non-hydrogen) atoms. The van der Waals surface area contributed by atoms with E-state index in [1.54, 1.807) is 0 Å². The molecule has 0 aliphatic carbocycles. The highest BCUT2D eigenvalue weighted by molar-refractivity contribution is 5.34. The molecule has 0 radical (unpaired) electrons. The van der Waals surface area contributed by atoms with Crippen LogP contribution in [0.25, 0.3) is 0 Å². The minimum absolute atomic E-state index is 0.0687. The Morgan fingerprint density at radius 3 is 2.67 bits per heavy atom. The van der Waals surface area contributed by atoms with Crippen molar-refractivity contribution in [3.8, 4) is 0 Å². The number of nitrogens with zero attached hydrogens (tertiary/aromatic N) is 1. The predicted molar refractivity (Wildman–Crippen MR) is 48.2 cm³/mol. The molecule has 0 fully saturated rings. The summed E-state index contributed by atoms with van der Waals surface area (Å²) in [6.07, 6.45) is 1.39. The van der Waals surface area contributed by atoms with Crippen molar-refractivity contribution in [1.29, 1.82) is 0 Å². The number of H-pyrrole nitrogens is 1. The van der Waals surface area contributed by atoms with Gasteiger partial charge in [-0.25, -0.2) is 4.98 Å². The van der Waals surface area contributed by atoms with Gasteiger partial charge >= 0.3 is 0 Å². The number of aromatic amines is 1. The lowest BCUT2D eigenvalue weighted by atomic mass is 10.1. The molecular weight excluding hydrogens is 154 g/mol. The first-order valence-electron chi connectivity index (χ1n) is 3.80. The van der Waals surface area contributed by atoms with Gasteiger partial charge in [0.1, 0.15) is 5.82 Å². The van der Waals surface area contributed by atoms with Gasteiger partial charge in [0.25, 0.3) is 5.56 Å². The van der Waals surface area contributed by atoms with Gasteiger partial charge in [-0.1, -0.05) is 0 Å². The lowest BCUT2D eigenvalue weighted by Gasteiger charge is -2.20. The van der Waals surface area contributed by atoms with Crippen LogP contribution in [0.15, 0.2) is 17.2 Å². The van der Waals surface area contributed by atoms with Crippen LogP contribution in [0.5, 0.6) is 0 Å². The molecule has 1 heterocycles. The molecule has 0 unspecified atom stereocenters. The Hall–Kier alpha value is -1.32. The maximum absolute atomic E-state index is 10.8. The third-order valence-electron chi connectivity index (χ3n) is 1.18. The van der Waals surface area contributed by atoms with Crippen molar-refractivity contribution in [2.24, 2.45) is 0 Å². The van der Waals surface area contributed by atoms with Gasteiger partial charge in [0, 0.05) is 11.6 Å². The fourth-order valence-corrected chi connectivity index (χ4v) is 0.821. The van der Waals surface area contributed by atoms with Crippen molar-refractivity contribution in [2.75, 3.05) is 5.32 Å². The van der Waals surface area contributed by atoms with Gasteiger partial charge in [-0.05, 0) is 20.8 Å². The Balaban J connectivity index is 2.84. The van der Waals surface area contributed by atoms with E-state index < -0.39 is 0 Å². The smallest absolute Gasteiger partial charge is 0.252 e. The van der Waals surface area contributed by atoms with Gasteiger partial charge in [0.2, 0.25) is 0 Å². The zero-order chi connectivity index (χ0) is 9.19. The molecule has 0 amide bonds. The zero-order valence-corrected chi connectivity index (χ0v) is 7.51. The highest BCUT2D eigenvalue weighted by atomic mass is 16.1. The minimum Gasteiger partial charge on any atom is -0.365 e. The fourth-order valence-electron chi connectivity index (χ4n) is 0.821. The molecule has 66 valence electrons. The molecule has 0 spiro atoms. The molecular formula is C8H13N3O. The second kappa shape index (κ2) is 2.97. The van der Waals surface area contributed by atoms with Gasteiger partial charge in [-0.3, -0.25) is 4.79 Å². The molecule has 0 aliphatic heterocycles. The number of aromatic nitrogens is 2. The summed E-state index contributed by atoms with van der Waals surface area (Å²) in [5, 5.41) is 3.09. The van der Waals surface area contributed by atoms with Crippen LogP contribution in [0.3, 0.4) is 0 Å². The first-order valence-corrected chi connectivity index (χ1v) is 3.80. The van der Waals surface area contributed by atoms with E-state index in [0.717, 1.165) is 0 Å². The second-order valence-electron chi connectivity index (χ2n) is 3.67. The molecule has 4 nitrogen and oxygen atoms in total.